The van der Waals surface area contributed by atoms with Crippen molar-refractivity contribution in [2.45, 2.75) is 13.3 Å². The molecule has 2 N–H and O–H groups in total. The lowest BCUT2D eigenvalue weighted by Gasteiger charge is -2.36. The quantitative estimate of drug-likeness (QED) is 0.326. The fraction of sp³-hybridized carbons (Fsp3) is 0.429. The van der Waals surface area contributed by atoms with Crippen molar-refractivity contribution in [1.29, 1.82) is 0 Å². The number of rotatable bonds is 7. The molecule has 8 nitrogen and oxygen atoms in total. The zero-order valence-corrected chi connectivity index (χ0v) is 19.7. The Labute approximate surface area is 195 Å². The Hall–Kier alpha value is -2.43. The van der Waals surface area contributed by atoms with Crippen molar-refractivity contribution >= 4 is 41.8 Å². The van der Waals surface area contributed by atoms with Crippen molar-refractivity contribution in [3.05, 3.63) is 54.4 Å². The van der Waals surface area contributed by atoms with E-state index in [0.717, 1.165) is 51.1 Å². The van der Waals surface area contributed by atoms with E-state index in [9.17, 15) is 4.79 Å². The normalized spacial score (nSPS) is 14.1. The summed E-state index contributed by atoms with van der Waals surface area (Å²) < 4.78 is 0. The topological polar surface area (TPSA) is 85.8 Å². The van der Waals surface area contributed by atoms with E-state index >= 15 is 0 Å². The van der Waals surface area contributed by atoms with Crippen LogP contribution in [0, 0.1) is 0 Å². The van der Waals surface area contributed by atoms with Gasteiger partial charge in [0.2, 0.25) is 11.9 Å². The van der Waals surface area contributed by atoms with Gasteiger partial charge in [-0.3, -0.25) is 4.79 Å². The van der Waals surface area contributed by atoms with Crippen molar-refractivity contribution in [2.24, 2.45) is 4.99 Å². The molecule has 162 valence electrons. The summed E-state index contributed by atoms with van der Waals surface area (Å²) in [5.74, 6) is 1.47. The summed E-state index contributed by atoms with van der Waals surface area (Å²) >= 11 is 0. The summed E-state index contributed by atoms with van der Waals surface area (Å²) in [4.78, 5) is 29.7. The van der Waals surface area contributed by atoms with Crippen LogP contribution in [-0.4, -0.2) is 72.5 Å². The van der Waals surface area contributed by atoms with E-state index in [4.69, 9.17) is 0 Å². The number of nitrogens with zero attached hydrogens (tertiary/aromatic N) is 5. The smallest absolute Gasteiger partial charge is 0.241 e. The molecule has 1 fully saturated rings. The summed E-state index contributed by atoms with van der Waals surface area (Å²) in [7, 11) is 0. The van der Waals surface area contributed by atoms with Gasteiger partial charge in [-0.15, -0.1) is 24.0 Å². The number of carbonyl (C=O) groups excluding carboxylic acids is 1. The number of anilines is 1. The predicted octanol–water partition coefficient (Wildman–Crippen LogP) is 1.54. The number of aromatic nitrogens is 2. The van der Waals surface area contributed by atoms with Crippen LogP contribution in [-0.2, 0) is 11.2 Å². The van der Waals surface area contributed by atoms with E-state index in [0.29, 0.717) is 6.54 Å². The van der Waals surface area contributed by atoms with Gasteiger partial charge in [0, 0.05) is 51.7 Å². The number of benzene rings is 1. The third-order valence-corrected chi connectivity index (χ3v) is 4.70. The molecule has 1 aliphatic heterocycles. The van der Waals surface area contributed by atoms with Crippen LogP contribution < -0.4 is 15.5 Å². The van der Waals surface area contributed by atoms with E-state index in [-0.39, 0.29) is 36.4 Å². The number of hydrogen-bond donors (Lipinski definition) is 2. The van der Waals surface area contributed by atoms with Crippen molar-refractivity contribution in [1.82, 2.24) is 25.5 Å². The van der Waals surface area contributed by atoms with Gasteiger partial charge in [-0.2, -0.15) is 0 Å². The summed E-state index contributed by atoms with van der Waals surface area (Å²) in [6.07, 6.45) is 4.34. The number of amides is 1. The fourth-order valence-electron chi connectivity index (χ4n) is 3.19. The number of carbonyl (C=O) groups is 1. The number of halogens is 1. The highest BCUT2D eigenvalue weighted by Gasteiger charge is 2.21. The van der Waals surface area contributed by atoms with Crippen molar-refractivity contribution < 1.29 is 4.79 Å². The van der Waals surface area contributed by atoms with Crippen LogP contribution in [0.15, 0.2) is 53.8 Å². The maximum Gasteiger partial charge on any atom is 0.241 e. The summed E-state index contributed by atoms with van der Waals surface area (Å²) in [6.45, 7) is 6.78. The van der Waals surface area contributed by atoms with E-state index in [1.165, 1.54) is 5.56 Å². The molecule has 1 saturated heterocycles. The molecule has 2 aromatic rings. The zero-order chi connectivity index (χ0) is 20.3. The van der Waals surface area contributed by atoms with Crippen molar-refractivity contribution in [3.8, 4) is 0 Å². The number of guanidine groups is 1. The van der Waals surface area contributed by atoms with Gasteiger partial charge in [0.15, 0.2) is 5.96 Å². The molecule has 0 spiro atoms. The first-order valence-electron chi connectivity index (χ1n) is 10.1. The summed E-state index contributed by atoms with van der Waals surface area (Å²) in [5.41, 5.74) is 1.21. The molecule has 2 heterocycles. The third-order valence-electron chi connectivity index (χ3n) is 4.70. The van der Waals surface area contributed by atoms with Crippen LogP contribution in [0.1, 0.15) is 12.5 Å². The Bertz CT molecular complexity index is 780. The van der Waals surface area contributed by atoms with Gasteiger partial charge in [-0.25, -0.2) is 15.0 Å². The second-order valence-electron chi connectivity index (χ2n) is 6.78. The second-order valence-corrected chi connectivity index (χ2v) is 6.78. The minimum atomic E-state index is -0.0624. The van der Waals surface area contributed by atoms with Gasteiger partial charge in [0.05, 0.1) is 0 Å². The Balaban J connectivity index is 0.00000320. The summed E-state index contributed by atoms with van der Waals surface area (Å²) in [6, 6.07) is 12.0. The molecule has 0 saturated carbocycles. The molecule has 3 rings (SSSR count). The molecule has 1 aromatic carbocycles. The first-order chi connectivity index (χ1) is 14.3. The molecule has 30 heavy (non-hydrogen) atoms. The van der Waals surface area contributed by atoms with Gasteiger partial charge in [-0.05, 0) is 25.0 Å². The highest BCUT2D eigenvalue weighted by molar-refractivity contribution is 14.0. The lowest BCUT2D eigenvalue weighted by molar-refractivity contribution is -0.119. The molecule has 0 bridgehead atoms. The average Bonchev–Trinajstić information content (AvgIpc) is 2.78. The summed E-state index contributed by atoms with van der Waals surface area (Å²) in [5, 5.41) is 6.23. The van der Waals surface area contributed by atoms with Crippen molar-refractivity contribution in [2.75, 3.05) is 50.7 Å². The minimum absolute atomic E-state index is 0. The SMILES string of the molecule is CCNC(=NCC(=O)NCCc1ccccc1)N1CCN(c2ncccn2)CC1.I. The molecule has 0 unspecified atom stereocenters. The molecule has 1 aliphatic rings. The molecule has 1 aromatic heterocycles. The molecule has 0 radical (unpaired) electrons. The highest BCUT2D eigenvalue weighted by atomic mass is 127. The van der Waals surface area contributed by atoms with Gasteiger partial charge in [-0.1, -0.05) is 30.3 Å². The molecular formula is C21H30IN7O. The van der Waals surface area contributed by atoms with Gasteiger partial charge in [0.1, 0.15) is 6.54 Å². The molecule has 0 aliphatic carbocycles. The first-order valence-corrected chi connectivity index (χ1v) is 10.1. The fourth-order valence-corrected chi connectivity index (χ4v) is 3.19. The van der Waals surface area contributed by atoms with Crippen LogP contribution >= 0.6 is 24.0 Å². The van der Waals surface area contributed by atoms with Crippen LogP contribution in [0.2, 0.25) is 0 Å². The number of piperazine rings is 1. The molecule has 1 amide bonds. The average molecular weight is 523 g/mol. The molecule has 9 heteroatoms. The minimum Gasteiger partial charge on any atom is -0.357 e. The number of hydrogen-bond acceptors (Lipinski definition) is 5. The van der Waals surface area contributed by atoms with E-state index in [2.05, 4.69) is 47.5 Å². The maximum absolute atomic E-state index is 12.2. The van der Waals surface area contributed by atoms with Crippen molar-refractivity contribution in [3.63, 3.8) is 0 Å². The second kappa shape index (κ2) is 13.0. The Morgan fingerprint density at radius 2 is 1.73 bits per heavy atom. The number of aliphatic imine (C=N–C) groups is 1. The van der Waals surface area contributed by atoms with Gasteiger partial charge < -0.3 is 20.4 Å². The van der Waals surface area contributed by atoms with Crippen LogP contribution in [0.5, 0.6) is 0 Å². The number of nitrogens with one attached hydrogen (secondary N) is 2. The predicted molar refractivity (Wildman–Crippen MR) is 130 cm³/mol. The van der Waals surface area contributed by atoms with Gasteiger partial charge in [0.25, 0.3) is 0 Å². The van der Waals surface area contributed by atoms with Crippen LogP contribution in [0.25, 0.3) is 0 Å². The standard InChI is InChI=1S/C21H29N7O.HI/c1-2-22-20(26-17-19(29)23-12-9-18-7-4-3-5-8-18)27-13-15-28(16-14-27)21-24-10-6-11-25-21;/h3-8,10-11H,2,9,12-17H2,1H3,(H,22,26)(H,23,29);1H. The maximum atomic E-state index is 12.2. The first kappa shape index (κ1) is 23.8. The Morgan fingerprint density at radius 1 is 1.03 bits per heavy atom. The van der Waals surface area contributed by atoms with E-state index in [1.54, 1.807) is 12.4 Å². The lowest BCUT2D eigenvalue weighted by Crippen LogP contribution is -2.53. The van der Waals surface area contributed by atoms with E-state index in [1.807, 2.05) is 31.2 Å². The monoisotopic (exact) mass is 523 g/mol. The lowest BCUT2D eigenvalue weighted by atomic mass is 10.1. The van der Waals surface area contributed by atoms with Gasteiger partial charge >= 0.3 is 0 Å². The Morgan fingerprint density at radius 3 is 2.40 bits per heavy atom. The third kappa shape index (κ3) is 7.43. The molecule has 0 atom stereocenters. The van der Waals surface area contributed by atoms with E-state index < -0.39 is 0 Å². The van der Waals surface area contributed by atoms with Crippen LogP contribution in [0.4, 0.5) is 5.95 Å². The zero-order valence-electron chi connectivity index (χ0n) is 17.3. The Kier molecular flexibility index (Phi) is 10.3. The largest absolute Gasteiger partial charge is 0.357 e. The highest BCUT2D eigenvalue weighted by Crippen LogP contribution is 2.09. The van der Waals surface area contributed by atoms with Crippen LogP contribution in [0.3, 0.4) is 0 Å². The molecular weight excluding hydrogens is 493 g/mol.